The summed E-state index contributed by atoms with van der Waals surface area (Å²) in [4.78, 5) is 9.02. The van der Waals surface area contributed by atoms with Crippen molar-refractivity contribution in [1.82, 2.24) is 19.7 Å². The van der Waals surface area contributed by atoms with Crippen molar-refractivity contribution in [3.63, 3.8) is 0 Å². The molecule has 0 spiro atoms. The van der Waals surface area contributed by atoms with Gasteiger partial charge in [-0.05, 0) is 37.1 Å². The molecule has 1 N–H and O–H groups in total. The number of piperazine rings is 1. The van der Waals surface area contributed by atoms with Crippen molar-refractivity contribution in [3.8, 4) is 0 Å². The van der Waals surface area contributed by atoms with Gasteiger partial charge in [0.15, 0.2) is 5.96 Å². The minimum Gasteiger partial charge on any atom is -0.378 e. The Morgan fingerprint density at radius 3 is 2.50 bits per heavy atom. The number of sulfonamides is 1. The zero-order valence-corrected chi connectivity index (χ0v) is 22.3. The lowest BCUT2D eigenvalue weighted by atomic mass is 10.1. The second-order valence-corrected chi connectivity index (χ2v) is 9.78. The Kier molecular flexibility index (Phi) is 9.77. The van der Waals surface area contributed by atoms with Crippen LogP contribution in [-0.4, -0.2) is 75.6 Å². The molecule has 0 bridgehead atoms. The van der Waals surface area contributed by atoms with Gasteiger partial charge in [0, 0.05) is 58.6 Å². The monoisotopic (exact) mass is 576 g/mol. The van der Waals surface area contributed by atoms with Gasteiger partial charge in [-0.2, -0.15) is 4.31 Å². The van der Waals surface area contributed by atoms with E-state index in [1.165, 1.54) is 27.4 Å². The number of aliphatic imine (C=N–C) groups is 1. The maximum absolute atomic E-state index is 12.7. The molecule has 2 heterocycles. The number of anilines is 1. The first-order chi connectivity index (χ1) is 14.8. The number of guanidine groups is 1. The first kappa shape index (κ1) is 26.4. The Labute approximate surface area is 207 Å². The maximum atomic E-state index is 12.7. The molecule has 0 radical (unpaired) electrons. The number of nitrogens with zero attached hydrogens (tertiary/aromatic N) is 5. The number of nitrogens with one attached hydrogen (secondary N) is 1. The summed E-state index contributed by atoms with van der Waals surface area (Å²) in [7, 11) is 0.639. The number of benzene rings is 1. The largest absolute Gasteiger partial charge is 0.378 e. The van der Waals surface area contributed by atoms with Crippen molar-refractivity contribution in [2.45, 2.75) is 26.1 Å². The quantitative estimate of drug-likeness (QED) is 0.307. The highest BCUT2D eigenvalue weighted by atomic mass is 127. The molecular formula is C21H33IN6O3S. The maximum Gasteiger partial charge on any atom is 0.220 e. The van der Waals surface area contributed by atoms with Crippen LogP contribution in [0, 0.1) is 6.92 Å². The summed E-state index contributed by atoms with van der Waals surface area (Å²) in [6, 6.07) is 7.96. The van der Waals surface area contributed by atoms with E-state index in [0.717, 1.165) is 12.5 Å². The van der Waals surface area contributed by atoms with E-state index in [9.17, 15) is 8.42 Å². The Bertz CT molecular complexity index is 987. The molecule has 1 saturated heterocycles. The minimum absolute atomic E-state index is 0. The van der Waals surface area contributed by atoms with Gasteiger partial charge < -0.3 is 19.6 Å². The SMILES string of the molecule is CCNC(=NCc1ccc(N(C)C)cc1C)N1CCN(S(=O)(=O)Cc2ccon2)CC1.I. The van der Waals surface area contributed by atoms with Crippen LogP contribution < -0.4 is 10.2 Å². The number of aromatic nitrogens is 1. The fourth-order valence-corrected chi connectivity index (χ4v) is 4.91. The topological polar surface area (TPSA) is 94.3 Å². The van der Waals surface area contributed by atoms with E-state index < -0.39 is 10.0 Å². The van der Waals surface area contributed by atoms with E-state index in [0.29, 0.717) is 38.4 Å². The minimum atomic E-state index is -3.42. The summed E-state index contributed by atoms with van der Waals surface area (Å²) in [5.41, 5.74) is 3.97. The molecule has 3 rings (SSSR count). The van der Waals surface area contributed by atoms with E-state index in [1.54, 1.807) is 6.07 Å². The number of rotatable bonds is 7. The van der Waals surface area contributed by atoms with Crippen LogP contribution in [0.15, 0.2) is 40.0 Å². The normalized spacial score (nSPS) is 15.4. The Hall–Kier alpha value is -1.86. The average molecular weight is 577 g/mol. The van der Waals surface area contributed by atoms with Crippen LogP contribution in [0.3, 0.4) is 0 Å². The van der Waals surface area contributed by atoms with E-state index >= 15 is 0 Å². The fraction of sp³-hybridized carbons (Fsp3) is 0.524. The molecule has 0 atom stereocenters. The van der Waals surface area contributed by atoms with Crippen LogP contribution in [0.5, 0.6) is 0 Å². The number of hydrogen-bond acceptors (Lipinski definition) is 6. The summed E-state index contributed by atoms with van der Waals surface area (Å²) in [6.07, 6.45) is 1.39. The first-order valence-electron chi connectivity index (χ1n) is 10.5. The van der Waals surface area contributed by atoms with Gasteiger partial charge in [0.1, 0.15) is 12.0 Å². The third kappa shape index (κ3) is 6.82. The highest BCUT2D eigenvalue weighted by molar-refractivity contribution is 14.0. The zero-order chi connectivity index (χ0) is 22.4. The van der Waals surface area contributed by atoms with Gasteiger partial charge in [-0.1, -0.05) is 11.2 Å². The van der Waals surface area contributed by atoms with Crippen LogP contribution in [-0.2, 0) is 22.3 Å². The molecule has 9 nitrogen and oxygen atoms in total. The van der Waals surface area contributed by atoms with Gasteiger partial charge in [-0.25, -0.2) is 13.4 Å². The van der Waals surface area contributed by atoms with Gasteiger partial charge in [0.05, 0.1) is 12.2 Å². The Balaban J connectivity index is 0.00000363. The molecular weight excluding hydrogens is 543 g/mol. The van der Waals surface area contributed by atoms with Crippen molar-refractivity contribution in [1.29, 1.82) is 0 Å². The van der Waals surface area contributed by atoms with Gasteiger partial charge in [0.2, 0.25) is 10.0 Å². The van der Waals surface area contributed by atoms with Gasteiger partial charge in [-0.3, -0.25) is 0 Å². The highest BCUT2D eigenvalue weighted by Crippen LogP contribution is 2.18. The molecule has 0 aliphatic carbocycles. The summed E-state index contributed by atoms with van der Waals surface area (Å²) in [5.74, 6) is 0.673. The molecule has 178 valence electrons. The summed E-state index contributed by atoms with van der Waals surface area (Å²) >= 11 is 0. The molecule has 2 aromatic rings. The van der Waals surface area contributed by atoms with Crippen molar-refractivity contribution in [2.75, 3.05) is 51.7 Å². The third-order valence-electron chi connectivity index (χ3n) is 5.33. The van der Waals surface area contributed by atoms with Crippen LogP contribution in [0.2, 0.25) is 0 Å². The predicted molar refractivity (Wildman–Crippen MR) is 138 cm³/mol. The smallest absolute Gasteiger partial charge is 0.220 e. The summed E-state index contributed by atoms with van der Waals surface area (Å²) in [6.45, 7) is 7.47. The number of halogens is 1. The molecule has 1 aliphatic heterocycles. The molecule has 1 fully saturated rings. The second kappa shape index (κ2) is 11.8. The predicted octanol–water partition coefficient (Wildman–Crippen LogP) is 2.28. The zero-order valence-electron chi connectivity index (χ0n) is 19.1. The summed E-state index contributed by atoms with van der Waals surface area (Å²) < 4.78 is 31.6. The molecule has 0 saturated carbocycles. The fourth-order valence-electron chi connectivity index (χ4n) is 3.49. The van der Waals surface area contributed by atoms with Crippen LogP contribution >= 0.6 is 24.0 Å². The van der Waals surface area contributed by atoms with Crippen molar-refractivity contribution in [2.24, 2.45) is 4.99 Å². The van der Waals surface area contributed by atoms with E-state index in [-0.39, 0.29) is 29.7 Å². The molecule has 1 aliphatic rings. The lowest BCUT2D eigenvalue weighted by Crippen LogP contribution is -2.53. The van der Waals surface area contributed by atoms with Crippen molar-refractivity contribution < 1.29 is 12.9 Å². The lowest BCUT2D eigenvalue weighted by molar-refractivity contribution is 0.259. The van der Waals surface area contributed by atoms with Gasteiger partial charge in [0.25, 0.3) is 0 Å². The molecule has 32 heavy (non-hydrogen) atoms. The molecule has 0 amide bonds. The molecule has 0 unspecified atom stereocenters. The average Bonchev–Trinajstić information content (AvgIpc) is 3.24. The second-order valence-electron chi connectivity index (χ2n) is 7.81. The lowest BCUT2D eigenvalue weighted by Gasteiger charge is -2.35. The third-order valence-corrected chi connectivity index (χ3v) is 7.14. The van der Waals surface area contributed by atoms with Gasteiger partial charge >= 0.3 is 0 Å². The highest BCUT2D eigenvalue weighted by Gasteiger charge is 2.29. The van der Waals surface area contributed by atoms with Crippen LogP contribution in [0.1, 0.15) is 23.7 Å². The Morgan fingerprint density at radius 2 is 1.94 bits per heavy atom. The van der Waals surface area contributed by atoms with Crippen LogP contribution in [0.4, 0.5) is 5.69 Å². The standard InChI is InChI=1S/C21H32N6O3S.HI/c1-5-22-21(23-15-18-6-7-20(25(3)4)14-17(18)2)26-9-11-27(12-10-26)31(28,29)16-19-8-13-30-24-19;/h6-8,13-14H,5,9-12,15-16H2,1-4H3,(H,22,23);1H. The first-order valence-corrected chi connectivity index (χ1v) is 12.1. The van der Waals surface area contributed by atoms with Crippen LogP contribution in [0.25, 0.3) is 0 Å². The van der Waals surface area contributed by atoms with E-state index in [4.69, 9.17) is 9.52 Å². The molecule has 1 aromatic carbocycles. The van der Waals surface area contributed by atoms with E-state index in [1.807, 2.05) is 21.0 Å². The van der Waals surface area contributed by atoms with Crippen molar-refractivity contribution in [3.05, 3.63) is 47.3 Å². The van der Waals surface area contributed by atoms with Crippen molar-refractivity contribution >= 4 is 45.6 Å². The summed E-state index contributed by atoms with van der Waals surface area (Å²) in [5, 5.41) is 7.05. The molecule has 1 aromatic heterocycles. The Morgan fingerprint density at radius 1 is 1.22 bits per heavy atom. The molecule has 11 heteroatoms. The van der Waals surface area contributed by atoms with E-state index in [2.05, 4.69) is 45.4 Å². The number of hydrogen-bond donors (Lipinski definition) is 1. The number of aryl methyl sites for hydroxylation is 1. The van der Waals surface area contributed by atoms with Gasteiger partial charge in [-0.15, -0.1) is 24.0 Å².